The molecule has 1 nitrogen and oxygen atoms in total. The molecule has 13 heavy (non-hydrogen) atoms. The summed E-state index contributed by atoms with van der Waals surface area (Å²) in [6, 6.07) is 4.90. The van der Waals surface area contributed by atoms with Crippen LogP contribution in [-0.4, -0.2) is 6.61 Å². The molecule has 0 radical (unpaired) electrons. The van der Waals surface area contributed by atoms with Crippen LogP contribution in [0.25, 0.3) is 6.08 Å². The number of allylic oxidation sites excluding steroid dienone is 1. The van der Waals surface area contributed by atoms with E-state index < -0.39 is 0 Å². The van der Waals surface area contributed by atoms with Crippen molar-refractivity contribution in [1.82, 2.24) is 0 Å². The van der Waals surface area contributed by atoms with Crippen LogP contribution in [0, 0.1) is 5.82 Å². The van der Waals surface area contributed by atoms with Gasteiger partial charge in [0.2, 0.25) is 0 Å². The number of hydrogen-bond acceptors (Lipinski definition) is 1. The maximum absolute atomic E-state index is 13.2. The van der Waals surface area contributed by atoms with Crippen LogP contribution >= 0.6 is 0 Å². The molecule has 0 fully saturated rings. The molecular formula is C11H13FO. The third-order valence-corrected chi connectivity index (χ3v) is 1.63. The molecule has 0 saturated heterocycles. The van der Waals surface area contributed by atoms with Gasteiger partial charge in [-0.1, -0.05) is 24.3 Å². The van der Waals surface area contributed by atoms with E-state index in [1.54, 1.807) is 6.07 Å². The van der Waals surface area contributed by atoms with Crippen molar-refractivity contribution in [1.29, 1.82) is 0 Å². The molecule has 0 spiro atoms. The summed E-state index contributed by atoms with van der Waals surface area (Å²) in [4.78, 5) is 0. The highest BCUT2D eigenvalue weighted by atomic mass is 19.1. The lowest BCUT2D eigenvalue weighted by Crippen LogP contribution is -1.96. The Morgan fingerprint density at radius 1 is 1.46 bits per heavy atom. The first-order valence-electron chi connectivity index (χ1n) is 4.33. The normalized spacial score (nSPS) is 10.7. The second-order valence-electron chi connectivity index (χ2n) is 2.59. The largest absolute Gasteiger partial charge is 0.490 e. The number of ether oxygens (including phenoxy) is 1. The van der Waals surface area contributed by atoms with Crippen LogP contribution in [0.15, 0.2) is 24.3 Å². The van der Waals surface area contributed by atoms with E-state index in [9.17, 15) is 4.39 Å². The Kier molecular flexibility index (Phi) is 3.50. The highest BCUT2D eigenvalue weighted by Gasteiger charge is 2.05. The number of rotatable bonds is 3. The first-order valence-corrected chi connectivity index (χ1v) is 4.33. The summed E-state index contributed by atoms with van der Waals surface area (Å²) in [6.45, 7) is 4.21. The minimum atomic E-state index is -0.308. The Bertz CT molecular complexity index is 305. The van der Waals surface area contributed by atoms with Crippen LogP contribution in [0.2, 0.25) is 0 Å². The molecule has 1 rings (SSSR count). The maximum atomic E-state index is 13.2. The quantitative estimate of drug-likeness (QED) is 0.693. The average molecular weight is 180 g/mol. The van der Waals surface area contributed by atoms with Crippen LogP contribution in [-0.2, 0) is 0 Å². The van der Waals surface area contributed by atoms with Gasteiger partial charge in [-0.05, 0) is 19.9 Å². The molecule has 70 valence electrons. The van der Waals surface area contributed by atoms with Crippen molar-refractivity contribution in [3.63, 3.8) is 0 Å². The first kappa shape index (κ1) is 9.78. The van der Waals surface area contributed by atoms with Crippen molar-refractivity contribution in [3.8, 4) is 5.75 Å². The molecule has 1 aromatic rings. The summed E-state index contributed by atoms with van der Waals surface area (Å²) >= 11 is 0. The van der Waals surface area contributed by atoms with Crippen molar-refractivity contribution < 1.29 is 9.13 Å². The SMILES string of the molecule is C/C=C/c1cccc(F)c1OCC. The van der Waals surface area contributed by atoms with Crippen molar-refractivity contribution in [2.24, 2.45) is 0 Å². The zero-order valence-corrected chi connectivity index (χ0v) is 7.88. The second kappa shape index (κ2) is 4.65. The Labute approximate surface area is 77.8 Å². The van der Waals surface area contributed by atoms with E-state index in [-0.39, 0.29) is 5.82 Å². The van der Waals surface area contributed by atoms with Crippen molar-refractivity contribution in [2.75, 3.05) is 6.61 Å². The number of para-hydroxylation sites is 1. The first-order chi connectivity index (χ1) is 6.29. The van der Waals surface area contributed by atoms with Gasteiger partial charge in [0.25, 0.3) is 0 Å². The van der Waals surface area contributed by atoms with Crippen molar-refractivity contribution in [2.45, 2.75) is 13.8 Å². The predicted octanol–water partition coefficient (Wildman–Crippen LogP) is 3.26. The molecule has 0 atom stereocenters. The van der Waals surface area contributed by atoms with Crippen LogP contribution in [0.1, 0.15) is 19.4 Å². The van der Waals surface area contributed by atoms with E-state index >= 15 is 0 Å². The lowest BCUT2D eigenvalue weighted by atomic mass is 10.2. The van der Waals surface area contributed by atoms with E-state index in [1.165, 1.54) is 6.07 Å². The standard InChI is InChI=1S/C11H13FO/c1-3-6-9-7-5-8-10(12)11(9)13-4-2/h3,5-8H,4H2,1-2H3/b6-3+. The third-order valence-electron chi connectivity index (χ3n) is 1.63. The Morgan fingerprint density at radius 2 is 2.23 bits per heavy atom. The summed E-state index contributed by atoms with van der Waals surface area (Å²) in [5.41, 5.74) is 0.782. The highest BCUT2D eigenvalue weighted by molar-refractivity contribution is 5.57. The molecule has 0 N–H and O–H groups in total. The molecule has 0 amide bonds. The monoisotopic (exact) mass is 180 g/mol. The molecule has 0 aromatic heterocycles. The Balaban J connectivity index is 3.09. The summed E-state index contributed by atoms with van der Waals surface area (Å²) in [6.07, 6.45) is 3.69. The van der Waals surface area contributed by atoms with E-state index in [0.29, 0.717) is 12.4 Å². The van der Waals surface area contributed by atoms with Gasteiger partial charge in [0.1, 0.15) is 0 Å². The molecule has 0 heterocycles. The van der Waals surface area contributed by atoms with Gasteiger partial charge < -0.3 is 4.74 Å². The predicted molar refractivity (Wildman–Crippen MR) is 52.3 cm³/mol. The van der Waals surface area contributed by atoms with Gasteiger partial charge in [-0.15, -0.1) is 0 Å². The minimum Gasteiger partial charge on any atom is -0.490 e. The van der Waals surface area contributed by atoms with Gasteiger partial charge in [-0.3, -0.25) is 0 Å². The lowest BCUT2D eigenvalue weighted by molar-refractivity contribution is 0.321. The van der Waals surface area contributed by atoms with Crippen LogP contribution < -0.4 is 4.74 Å². The fourth-order valence-corrected chi connectivity index (χ4v) is 1.13. The molecule has 0 saturated carbocycles. The number of benzene rings is 1. The smallest absolute Gasteiger partial charge is 0.165 e. The average Bonchev–Trinajstić information content (AvgIpc) is 2.11. The maximum Gasteiger partial charge on any atom is 0.165 e. The van der Waals surface area contributed by atoms with Crippen molar-refractivity contribution >= 4 is 6.08 Å². The van der Waals surface area contributed by atoms with Gasteiger partial charge in [-0.25, -0.2) is 4.39 Å². The summed E-state index contributed by atoms with van der Waals surface area (Å²) in [5, 5.41) is 0. The van der Waals surface area contributed by atoms with Crippen LogP contribution in [0.3, 0.4) is 0 Å². The summed E-state index contributed by atoms with van der Waals surface area (Å²) < 4.78 is 18.4. The van der Waals surface area contributed by atoms with Gasteiger partial charge in [0.15, 0.2) is 11.6 Å². The van der Waals surface area contributed by atoms with Gasteiger partial charge in [0, 0.05) is 5.56 Å². The van der Waals surface area contributed by atoms with Gasteiger partial charge in [-0.2, -0.15) is 0 Å². The van der Waals surface area contributed by atoms with Gasteiger partial charge >= 0.3 is 0 Å². The molecule has 0 aliphatic carbocycles. The lowest BCUT2D eigenvalue weighted by Gasteiger charge is -2.07. The molecule has 0 aliphatic heterocycles. The van der Waals surface area contributed by atoms with Crippen LogP contribution in [0.5, 0.6) is 5.75 Å². The second-order valence-corrected chi connectivity index (χ2v) is 2.59. The van der Waals surface area contributed by atoms with Crippen LogP contribution in [0.4, 0.5) is 4.39 Å². The summed E-state index contributed by atoms with van der Waals surface area (Å²) in [5.74, 6) is 0.0283. The Hall–Kier alpha value is -1.31. The topological polar surface area (TPSA) is 9.23 Å². The zero-order valence-electron chi connectivity index (χ0n) is 7.88. The molecule has 0 bridgehead atoms. The molecule has 1 aromatic carbocycles. The summed E-state index contributed by atoms with van der Waals surface area (Å²) in [7, 11) is 0. The highest BCUT2D eigenvalue weighted by Crippen LogP contribution is 2.23. The number of hydrogen-bond donors (Lipinski definition) is 0. The Morgan fingerprint density at radius 3 is 2.85 bits per heavy atom. The zero-order chi connectivity index (χ0) is 9.68. The fraction of sp³-hybridized carbons (Fsp3) is 0.273. The van der Waals surface area contributed by atoms with E-state index in [2.05, 4.69) is 0 Å². The molecule has 2 heteroatoms. The van der Waals surface area contributed by atoms with E-state index in [4.69, 9.17) is 4.74 Å². The van der Waals surface area contributed by atoms with E-state index in [1.807, 2.05) is 32.1 Å². The van der Waals surface area contributed by atoms with Gasteiger partial charge in [0.05, 0.1) is 6.61 Å². The molecular weight excluding hydrogens is 167 g/mol. The van der Waals surface area contributed by atoms with Crippen molar-refractivity contribution in [3.05, 3.63) is 35.7 Å². The fourth-order valence-electron chi connectivity index (χ4n) is 1.13. The third kappa shape index (κ3) is 2.31. The number of halogens is 1. The molecule has 0 aliphatic rings. The molecule has 0 unspecified atom stereocenters. The minimum absolute atomic E-state index is 0.308. The van der Waals surface area contributed by atoms with E-state index in [0.717, 1.165) is 5.56 Å².